The molecule has 2 aromatic carbocycles. The van der Waals surface area contributed by atoms with Crippen LogP contribution >= 0.6 is 11.3 Å². The molecule has 3 aromatic rings. The van der Waals surface area contributed by atoms with Gasteiger partial charge >= 0.3 is 0 Å². The number of carbonyl (C=O) groups excluding carboxylic acids is 2. The fourth-order valence-electron chi connectivity index (χ4n) is 2.69. The van der Waals surface area contributed by atoms with Crippen molar-refractivity contribution in [1.82, 2.24) is 10.6 Å². The van der Waals surface area contributed by atoms with Crippen molar-refractivity contribution in [2.24, 2.45) is 0 Å². The summed E-state index contributed by atoms with van der Waals surface area (Å²) >= 11 is 1.49. The number of ether oxygens (including phenoxy) is 1. The Morgan fingerprint density at radius 2 is 1.73 bits per heavy atom. The van der Waals surface area contributed by atoms with Gasteiger partial charge in [-0.3, -0.25) is 9.59 Å². The molecule has 3 rings (SSSR count). The molecule has 154 valence electrons. The zero-order valence-corrected chi connectivity index (χ0v) is 17.7. The maximum Gasteiger partial charge on any atom is 0.268 e. The lowest BCUT2D eigenvalue weighted by molar-refractivity contribution is -0.117. The molecule has 0 radical (unpaired) electrons. The van der Waals surface area contributed by atoms with E-state index in [4.69, 9.17) is 4.74 Å². The molecule has 0 atom stereocenters. The van der Waals surface area contributed by atoms with Gasteiger partial charge in [0.2, 0.25) is 0 Å². The molecule has 1 aromatic heterocycles. The predicted molar refractivity (Wildman–Crippen MR) is 120 cm³/mol. The second kappa shape index (κ2) is 10.4. The van der Waals surface area contributed by atoms with Gasteiger partial charge in [-0.2, -0.15) is 0 Å². The maximum atomic E-state index is 12.8. The van der Waals surface area contributed by atoms with Crippen LogP contribution in [0, 0.1) is 0 Å². The van der Waals surface area contributed by atoms with Gasteiger partial charge in [0.1, 0.15) is 11.4 Å². The van der Waals surface area contributed by atoms with Crippen molar-refractivity contribution in [3.05, 3.63) is 93.8 Å². The van der Waals surface area contributed by atoms with Crippen LogP contribution in [-0.4, -0.2) is 17.9 Å². The first-order chi connectivity index (χ1) is 14.5. The van der Waals surface area contributed by atoms with Crippen LogP contribution in [0.1, 0.15) is 34.6 Å². The highest BCUT2D eigenvalue weighted by atomic mass is 32.1. The first kappa shape index (κ1) is 21.3. The molecule has 0 spiro atoms. The fraction of sp³-hybridized carbons (Fsp3) is 0.167. The zero-order valence-electron chi connectivity index (χ0n) is 16.9. The third-order valence-electron chi connectivity index (χ3n) is 4.11. The molecule has 1 heterocycles. The van der Waals surface area contributed by atoms with E-state index in [9.17, 15) is 9.59 Å². The Hall–Kier alpha value is -3.38. The van der Waals surface area contributed by atoms with Crippen LogP contribution < -0.4 is 15.4 Å². The van der Waals surface area contributed by atoms with E-state index in [0.29, 0.717) is 12.1 Å². The monoisotopic (exact) mass is 420 g/mol. The van der Waals surface area contributed by atoms with Gasteiger partial charge < -0.3 is 15.4 Å². The summed E-state index contributed by atoms with van der Waals surface area (Å²) in [6, 6.07) is 20.2. The van der Waals surface area contributed by atoms with E-state index in [1.807, 2.05) is 61.7 Å². The van der Waals surface area contributed by atoms with Gasteiger partial charge in [-0.15, -0.1) is 11.3 Å². The lowest BCUT2D eigenvalue weighted by Gasteiger charge is -2.12. The second-order valence-electron chi connectivity index (χ2n) is 6.89. The van der Waals surface area contributed by atoms with Gasteiger partial charge in [0.25, 0.3) is 11.8 Å². The molecule has 0 aliphatic carbocycles. The topological polar surface area (TPSA) is 67.4 Å². The van der Waals surface area contributed by atoms with Gasteiger partial charge in [0.15, 0.2) is 0 Å². The highest BCUT2D eigenvalue weighted by molar-refractivity contribution is 7.10. The number of hydrogen-bond acceptors (Lipinski definition) is 4. The minimum Gasteiger partial charge on any atom is -0.491 e. The van der Waals surface area contributed by atoms with Crippen molar-refractivity contribution in [3.8, 4) is 5.75 Å². The summed E-state index contributed by atoms with van der Waals surface area (Å²) in [7, 11) is 0. The Labute approximate surface area is 180 Å². The summed E-state index contributed by atoms with van der Waals surface area (Å²) in [6.07, 6.45) is 1.79. The van der Waals surface area contributed by atoms with E-state index in [1.165, 1.54) is 11.3 Å². The Morgan fingerprint density at radius 1 is 1.00 bits per heavy atom. The van der Waals surface area contributed by atoms with Crippen molar-refractivity contribution >= 4 is 29.2 Å². The first-order valence-corrected chi connectivity index (χ1v) is 10.5. The zero-order chi connectivity index (χ0) is 21.3. The molecule has 0 bridgehead atoms. The van der Waals surface area contributed by atoms with E-state index in [-0.39, 0.29) is 23.6 Å². The molecular formula is C24H24N2O3S. The number of rotatable bonds is 8. The molecule has 0 saturated carbocycles. The van der Waals surface area contributed by atoms with Gasteiger partial charge in [-0.25, -0.2) is 0 Å². The number of nitrogens with one attached hydrogen (secondary N) is 2. The molecule has 2 N–H and O–H groups in total. The van der Waals surface area contributed by atoms with Gasteiger partial charge in [0, 0.05) is 17.0 Å². The Kier molecular flexibility index (Phi) is 7.40. The van der Waals surface area contributed by atoms with Crippen LogP contribution in [0.15, 0.2) is 77.8 Å². The van der Waals surface area contributed by atoms with Crippen molar-refractivity contribution in [2.75, 3.05) is 0 Å². The molecule has 0 fully saturated rings. The average molecular weight is 421 g/mol. The van der Waals surface area contributed by atoms with E-state index < -0.39 is 0 Å². The van der Waals surface area contributed by atoms with E-state index in [0.717, 1.165) is 16.2 Å². The van der Waals surface area contributed by atoms with Crippen molar-refractivity contribution in [2.45, 2.75) is 26.5 Å². The number of benzene rings is 2. The summed E-state index contributed by atoms with van der Waals surface area (Å²) in [5.74, 6) is 0.104. The number of carbonyl (C=O) groups is 2. The molecule has 5 nitrogen and oxygen atoms in total. The van der Waals surface area contributed by atoms with Crippen molar-refractivity contribution in [3.63, 3.8) is 0 Å². The Balaban J connectivity index is 1.68. The van der Waals surface area contributed by atoms with Gasteiger partial charge in [0.05, 0.1) is 6.10 Å². The largest absolute Gasteiger partial charge is 0.491 e. The molecular weight excluding hydrogens is 396 g/mol. The normalized spacial score (nSPS) is 11.2. The molecule has 0 saturated heterocycles. The van der Waals surface area contributed by atoms with E-state index in [1.54, 1.807) is 30.3 Å². The van der Waals surface area contributed by atoms with Crippen LogP contribution in [0.5, 0.6) is 5.75 Å². The fourth-order valence-corrected chi connectivity index (χ4v) is 3.35. The summed E-state index contributed by atoms with van der Waals surface area (Å²) in [6.45, 7) is 4.28. The minimum absolute atomic E-state index is 0.105. The standard InChI is InChI=1S/C24H24N2O3S/c1-17(2)29-20-12-10-18(11-13-20)16-25-24(28)22(15-21-9-6-14-30-21)26-23(27)19-7-4-3-5-8-19/h3-15,17H,16H2,1-2H3,(H,25,28)(H,26,27)/b22-15-. The van der Waals surface area contributed by atoms with Crippen molar-refractivity contribution < 1.29 is 14.3 Å². The molecule has 0 aliphatic heterocycles. The highest BCUT2D eigenvalue weighted by Crippen LogP contribution is 2.15. The number of thiophene rings is 1. The molecule has 6 heteroatoms. The summed E-state index contributed by atoms with van der Waals surface area (Å²) < 4.78 is 5.63. The average Bonchev–Trinajstić information content (AvgIpc) is 3.26. The lowest BCUT2D eigenvalue weighted by Crippen LogP contribution is -2.34. The molecule has 0 aliphatic rings. The van der Waals surface area contributed by atoms with Gasteiger partial charge in [-0.05, 0) is 61.2 Å². The predicted octanol–water partition coefficient (Wildman–Crippen LogP) is 4.62. The molecule has 2 amide bonds. The van der Waals surface area contributed by atoms with Crippen molar-refractivity contribution in [1.29, 1.82) is 0 Å². The lowest BCUT2D eigenvalue weighted by atomic mass is 10.2. The minimum atomic E-state index is -0.352. The van der Waals surface area contributed by atoms with Crippen LogP contribution in [-0.2, 0) is 11.3 Å². The van der Waals surface area contributed by atoms with E-state index >= 15 is 0 Å². The third-order valence-corrected chi connectivity index (χ3v) is 4.93. The summed E-state index contributed by atoms with van der Waals surface area (Å²) in [4.78, 5) is 26.2. The van der Waals surface area contributed by atoms with E-state index in [2.05, 4.69) is 10.6 Å². The number of amides is 2. The Morgan fingerprint density at radius 3 is 2.37 bits per heavy atom. The third kappa shape index (κ3) is 6.32. The second-order valence-corrected chi connectivity index (χ2v) is 7.87. The molecule has 0 unspecified atom stereocenters. The van der Waals surface area contributed by atoms with Crippen LogP contribution in [0.4, 0.5) is 0 Å². The van der Waals surface area contributed by atoms with Gasteiger partial charge in [-0.1, -0.05) is 36.4 Å². The number of hydrogen-bond donors (Lipinski definition) is 2. The Bertz CT molecular complexity index is 995. The summed E-state index contributed by atoms with van der Waals surface area (Å²) in [5.41, 5.74) is 1.62. The van der Waals surface area contributed by atoms with Crippen LogP contribution in [0.25, 0.3) is 6.08 Å². The quantitative estimate of drug-likeness (QED) is 0.523. The SMILES string of the molecule is CC(C)Oc1ccc(CNC(=O)/C(=C/c2cccs2)NC(=O)c2ccccc2)cc1. The van der Waals surface area contributed by atoms with Crippen LogP contribution in [0.2, 0.25) is 0 Å². The van der Waals surface area contributed by atoms with Crippen LogP contribution in [0.3, 0.4) is 0 Å². The first-order valence-electron chi connectivity index (χ1n) is 9.66. The highest BCUT2D eigenvalue weighted by Gasteiger charge is 2.14. The maximum absolute atomic E-state index is 12.8. The smallest absolute Gasteiger partial charge is 0.268 e. The summed E-state index contributed by atoms with van der Waals surface area (Å²) in [5, 5.41) is 7.52. The molecule has 30 heavy (non-hydrogen) atoms.